The first kappa shape index (κ1) is 17.9. The lowest BCUT2D eigenvalue weighted by Crippen LogP contribution is -2.39. The minimum Gasteiger partial charge on any atom is -0.396 e. The standard InChI is InChI=1S/C18H27NO4/c1-4-22-18(23-5-2)11-10-17-15(12-20)14-8-6-7-9-16(14)19(17)13(3)21/h6-9,15,17-18,20H,4-5,10-12H2,1-3H3/t15-,17-/m1/s1. The van der Waals surface area contributed by atoms with Crippen LogP contribution in [0.25, 0.3) is 0 Å². The molecule has 0 saturated carbocycles. The third-order valence-corrected chi connectivity index (χ3v) is 4.33. The summed E-state index contributed by atoms with van der Waals surface area (Å²) in [5.41, 5.74) is 1.95. The molecule has 0 radical (unpaired) electrons. The van der Waals surface area contributed by atoms with Crippen LogP contribution in [0.15, 0.2) is 24.3 Å². The number of nitrogens with zero attached hydrogens (tertiary/aromatic N) is 1. The van der Waals surface area contributed by atoms with Gasteiger partial charge >= 0.3 is 0 Å². The van der Waals surface area contributed by atoms with Crippen molar-refractivity contribution in [2.75, 3.05) is 24.7 Å². The summed E-state index contributed by atoms with van der Waals surface area (Å²) in [6.07, 6.45) is 1.16. The maximum atomic E-state index is 12.2. The highest BCUT2D eigenvalue weighted by molar-refractivity contribution is 5.95. The number of fused-ring (bicyclic) bond motifs is 1. The van der Waals surface area contributed by atoms with E-state index in [4.69, 9.17) is 9.47 Å². The molecule has 0 spiro atoms. The molecule has 0 fully saturated rings. The average Bonchev–Trinajstić information content (AvgIpc) is 2.86. The van der Waals surface area contributed by atoms with Gasteiger partial charge in [-0.05, 0) is 31.9 Å². The van der Waals surface area contributed by atoms with Crippen molar-refractivity contribution in [2.45, 2.75) is 51.9 Å². The SMILES string of the molecule is CCOC(CC[C@@H]1[C@H](CO)c2ccccc2N1C(C)=O)OCC. The largest absolute Gasteiger partial charge is 0.396 e. The zero-order valence-corrected chi connectivity index (χ0v) is 14.2. The van der Waals surface area contributed by atoms with E-state index in [2.05, 4.69) is 0 Å². The molecule has 1 aromatic carbocycles. The fourth-order valence-corrected chi connectivity index (χ4v) is 3.43. The number of rotatable bonds is 8. The van der Waals surface area contributed by atoms with Gasteiger partial charge in [0.2, 0.25) is 5.91 Å². The van der Waals surface area contributed by atoms with E-state index in [0.29, 0.717) is 19.6 Å². The lowest BCUT2D eigenvalue weighted by atomic mass is 9.93. The minimum atomic E-state index is -0.262. The highest BCUT2D eigenvalue weighted by Crippen LogP contribution is 2.42. The molecule has 23 heavy (non-hydrogen) atoms. The summed E-state index contributed by atoms with van der Waals surface area (Å²) in [5.74, 6) is -0.0539. The van der Waals surface area contributed by atoms with Gasteiger partial charge < -0.3 is 19.5 Å². The van der Waals surface area contributed by atoms with Crippen LogP contribution in [0.4, 0.5) is 5.69 Å². The third kappa shape index (κ3) is 3.91. The minimum absolute atomic E-state index is 0.00256. The quantitative estimate of drug-likeness (QED) is 0.748. The van der Waals surface area contributed by atoms with Crippen LogP contribution in [0.1, 0.15) is 45.1 Å². The maximum absolute atomic E-state index is 12.2. The van der Waals surface area contributed by atoms with Gasteiger partial charge in [0.15, 0.2) is 6.29 Å². The van der Waals surface area contributed by atoms with Crippen molar-refractivity contribution in [1.29, 1.82) is 0 Å². The number of amides is 1. The molecule has 5 heteroatoms. The van der Waals surface area contributed by atoms with Gasteiger partial charge in [0.25, 0.3) is 0 Å². The van der Waals surface area contributed by atoms with Crippen molar-refractivity contribution < 1.29 is 19.4 Å². The Bertz CT molecular complexity index is 513. The number of carbonyl (C=O) groups excluding carboxylic acids is 1. The van der Waals surface area contributed by atoms with Crippen LogP contribution in [0.3, 0.4) is 0 Å². The van der Waals surface area contributed by atoms with Gasteiger partial charge in [-0.15, -0.1) is 0 Å². The van der Waals surface area contributed by atoms with Gasteiger partial charge in [-0.25, -0.2) is 0 Å². The average molecular weight is 321 g/mol. The Balaban J connectivity index is 2.17. The predicted octanol–water partition coefficient (Wildman–Crippen LogP) is 2.68. The van der Waals surface area contributed by atoms with E-state index >= 15 is 0 Å². The van der Waals surface area contributed by atoms with Crippen molar-refractivity contribution in [2.24, 2.45) is 0 Å². The second-order valence-corrected chi connectivity index (χ2v) is 5.72. The van der Waals surface area contributed by atoms with Crippen LogP contribution < -0.4 is 4.90 Å². The van der Waals surface area contributed by atoms with Crippen LogP contribution in [-0.4, -0.2) is 43.2 Å². The van der Waals surface area contributed by atoms with E-state index in [1.165, 1.54) is 0 Å². The molecule has 1 N–H and O–H groups in total. The first-order valence-electron chi connectivity index (χ1n) is 8.36. The fraction of sp³-hybridized carbons (Fsp3) is 0.611. The van der Waals surface area contributed by atoms with Gasteiger partial charge in [0, 0.05) is 44.2 Å². The predicted molar refractivity (Wildman–Crippen MR) is 89.5 cm³/mol. The van der Waals surface area contributed by atoms with Crippen LogP contribution in [0.2, 0.25) is 0 Å². The molecule has 1 aromatic rings. The number of hydrogen-bond donors (Lipinski definition) is 1. The molecule has 0 unspecified atom stereocenters. The highest BCUT2D eigenvalue weighted by Gasteiger charge is 2.39. The molecule has 2 atom stereocenters. The van der Waals surface area contributed by atoms with E-state index in [-0.39, 0.29) is 30.8 Å². The second-order valence-electron chi connectivity index (χ2n) is 5.72. The van der Waals surface area contributed by atoms with Crippen molar-refractivity contribution in [3.8, 4) is 0 Å². The van der Waals surface area contributed by atoms with E-state index in [9.17, 15) is 9.90 Å². The Morgan fingerprint density at radius 1 is 1.26 bits per heavy atom. The number of benzene rings is 1. The van der Waals surface area contributed by atoms with Gasteiger partial charge in [-0.1, -0.05) is 18.2 Å². The summed E-state index contributed by atoms with van der Waals surface area (Å²) in [6.45, 7) is 6.67. The Morgan fingerprint density at radius 3 is 2.48 bits per heavy atom. The van der Waals surface area contributed by atoms with Crippen molar-refractivity contribution in [1.82, 2.24) is 0 Å². The number of para-hydroxylation sites is 1. The van der Waals surface area contributed by atoms with Crippen LogP contribution in [0.5, 0.6) is 0 Å². The molecule has 0 bridgehead atoms. The molecule has 1 amide bonds. The molecule has 0 aliphatic carbocycles. The summed E-state index contributed by atoms with van der Waals surface area (Å²) in [6, 6.07) is 7.76. The van der Waals surface area contributed by atoms with Gasteiger partial charge in [-0.2, -0.15) is 0 Å². The molecule has 2 rings (SSSR count). The zero-order chi connectivity index (χ0) is 16.8. The lowest BCUT2D eigenvalue weighted by Gasteiger charge is -2.28. The molecule has 1 heterocycles. The number of carbonyl (C=O) groups is 1. The molecular formula is C18H27NO4. The Morgan fingerprint density at radius 2 is 1.91 bits per heavy atom. The first-order valence-corrected chi connectivity index (χ1v) is 8.36. The number of hydrogen-bond acceptors (Lipinski definition) is 4. The molecule has 128 valence electrons. The van der Waals surface area contributed by atoms with Crippen molar-refractivity contribution in [3.63, 3.8) is 0 Å². The molecule has 0 saturated heterocycles. The molecule has 1 aliphatic heterocycles. The summed E-state index contributed by atoms with van der Waals surface area (Å²) in [4.78, 5) is 14.0. The van der Waals surface area contributed by atoms with Gasteiger partial charge in [0.05, 0.1) is 6.61 Å². The highest BCUT2D eigenvalue weighted by atomic mass is 16.7. The summed E-state index contributed by atoms with van der Waals surface area (Å²) in [7, 11) is 0. The van der Waals surface area contributed by atoms with Gasteiger partial charge in [0.1, 0.15) is 0 Å². The monoisotopic (exact) mass is 321 g/mol. The van der Waals surface area contributed by atoms with E-state index in [1.807, 2.05) is 43.0 Å². The lowest BCUT2D eigenvalue weighted by molar-refractivity contribution is -0.141. The fourth-order valence-electron chi connectivity index (χ4n) is 3.43. The summed E-state index contributed by atoms with van der Waals surface area (Å²) in [5, 5.41) is 9.85. The van der Waals surface area contributed by atoms with Crippen LogP contribution in [0, 0.1) is 0 Å². The number of ether oxygens (including phenoxy) is 2. The van der Waals surface area contributed by atoms with Gasteiger partial charge in [-0.3, -0.25) is 4.79 Å². The third-order valence-electron chi connectivity index (χ3n) is 4.33. The zero-order valence-electron chi connectivity index (χ0n) is 14.2. The van der Waals surface area contributed by atoms with Crippen LogP contribution >= 0.6 is 0 Å². The van der Waals surface area contributed by atoms with Crippen LogP contribution in [-0.2, 0) is 14.3 Å². The van der Waals surface area contributed by atoms with E-state index in [1.54, 1.807) is 6.92 Å². The van der Waals surface area contributed by atoms with E-state index < -0.39 is 0 Å². The number of anilines is 1. The van der Waals surface area contributed by atoms with E-state index in [0.717, 1.165) is 17.7 Å². The normalized spacial score (nSPS) is 20.1. The Labute approximate surface area is 138 Å². The Kier molecular flexibility index (Phi) is 6.57. The topological polar surface area (TPSA) is 59.0 Å². The summed E-state index contributed by atoms with van der Waals surface area (Å²) < 4.78 is 11.2. The van der Waals surface area contributed by atoms with Crippen molar-refractivity contribution >= 4 is 11.6 Å². The smallest absolute Gasteiger partial charge is 0.224 e. The molecule has 0 aromatic heterocycles. The van der Waals surface area contributed by atoms with Crippen molar-refractivity contribution in [3.05, 3.63) is 29.8 Å². The molecule has 1 aliphatic rings. The molecule has 5 nitrogen and oxygen atoms in total. The maximum Gasteiger partial charge on any atom is 0.224 e. The summed E-state index contributed by atoms with van der Waals surface area (Å²) >= 11 is 0. The number of aliphatic hydroxyl groups is 1. The number of aliphatic hydroxyl groups excluding tert-OH is 1. The Hall–Kier alpha value is -1.43. The first-order chi connectivity index (χ1) is 11.1. The molecular weight excluding hydrogens is 294 g/mol. The second kappa shape index (κ2) is 8.43.